The van der Waals surface area contributed by atoms with Crippen LogP contribution in [-0.4, -0.2) is 35.7 Å². The average molecular weight is 546 g/mol. The number of phosphoric acid groups is 1. The number of ether oxygens (including phenoxy) is 2. The summed E-state index contributed by atoms with van der Waals surface area (Å²) >= 11 is 6.02. The van der Waals surface area contributed by atoms with Crippen LogP contribution < -0.4 is 0 Å². The van der Waals surface area contributed by atoms with Crippen molar-refractivity contribution in [1.29, 1.82) is 5.26 Å². The zero-order valence-electron chi connectivity index (χ0n) is 21.8. The van der Waals surface area contributed by atoms with Crippen molar-refractivity contribution < 1.29 is 28.3 Å². The van der Waals surface area contributed by atoms with Gasteiger partial charge in [-0.25, -0.2) is 4.57 Å². The van der Waals surface area contributed by atoms with Gasteiger partial charge in [0.25, 0.3) is 0 Å². The number of hydrogen-bond acceptors (Lipinski definition) is 5. The molecule has 1 atom stereocenters. The van der Waals surface area contributed by atoms with Gasteiger partial charge in [0.2, 0.25) is 0 Å². The van der Waals surface area contributed by atoms with Gasteiger partial charge in [-0.2, -0.15) is 5.26 Å². The second-order valence-electron chi connectivity index (χ2n) is 9.35. The van der Waals surface area contributed by atoms with E-state index in [9.17, 15) is 4.57 Å². The van der Waals surface area contributed by atoms with Crippen LogP contribution in [-0.2, 0) is 25.2 Å². The molecular formula is C27H45ClNO6P. The fourth-order valence-electron chi connectivity index (χ4n) is 3.95. The predicted octanol–water partition coefficient (Wildman–Crippen LogP) is 7.70. The Morgan fingerprint density at radius 1 is 0.889 bits per heavy atom. The molecule has 1 rings (SSSR count). The van der Waals surface area contributed by atoms with E-state index < -0.39 is 13.9 Å². The molecule has 2 N–H and O–H groups in total. The van der Waals surface area contributed by atoms with Crippen molar-refractivity contribution >= 4 is 19.4 Å². The van der Waals surface area contributed by atoms with Gasteiger partial charge in [0.05, 0.1) is 31.5 Å². The first-order valence-electron chi connectivity index (χ1n) is 13.4. The maximum atomic E-state index is 11.1. The molecule has 0 fully saturated rings. The molecule has 0 amide bonds. The van der Waals surface area contributed by atoms with Crippen molar-refractivity contribution in [3.8, 4) is 6.07 Å². The lowest BCUT2D eigenvalue weighted by Gasteiger charge is -2.19. The van der Waals surface area contributed by atoms with Crippen LogP contribution in [0.5, 0.6) is 0 Å². The minimum atomic E-state index is -4.61. The van der Waals surface area contributed by atoms with Crippen molar-refractivity contribution in [2.45, 2.75) is 110 Å². The molecular weight excluding hydrogens is 501 g/mol. The van der Waals surface area contributed by atoms with Gasteiger partial charge < -0.3 is 19.3 Å². The highest BCUT2D eigenvalue weighted by Gasteiger charge is 2.19. The summed E-state index contributed by atoms with van der Waals surface area (Å²) in [6.45, 7) is 2.79. The van der Waals surface area contributed by atoms with E-state index in [1.807, 2.05) is 6.07 Å². The lowest BCUT2D eigenvalue weighted by atomic mass is 10.0. The zero-order chi connectivity index (χ0) is 26.5. The molecule has 0 radical (unpaired) electrons. The van der Waals surface area contributed by atoms with Gasteiger partial charge in [0.1, 0.15) is 6.10 Å². The third-order valence-electron chi connectivity index (χ3n) is 5.95. The molecule has 7 nitrogen and oxygen atoms in total. The van der Waals surface area contributed by atoms with Crippen molar-refractivity contribution in [2.24, 2.45) is 0 Å². The number of nitrogens with zero attached hydrogens (tertiary/aromatic N) is 1. The third kappa shape index (κ3) is 19.2. The van der Waals surface area contributed by atoms with Crippen LogP contribution >= 0.6 is 19.4 Å². The number of halogens is 1. The molecule has 0 aliphatic carbocycles. The van der Waals surface area contributed by atoms with Crippen LogP contribution in [0.25, 0.3) is 0 Å². The molecule has 0 bridgehead atoms. The van der Waals surface area contributed by atoms with Crippen LogP contribution in [0, 0.1) is 11.3 Å². The molecule has 0 spiro atoms. The molecule has 206 valence electrons. The number of rotatable bonds is 23. The van der Waals surface area contributed by atoms with E-state index in [0.717, 1.165) is 12.8 Å². The second kappa shape index (κ2) is 21.0. The summed E-state index contributed by atoms with van der Waals surface area (Å²) in [6.07, 6.45) is 17.4. The zero-order valence-corrected chi connectivity index (χ0v) is 23.5. The second-order valence-corrected chi connectivity index (χ2v) is 11.0. The van der Waals surface area contributed by atoms with Crippen LogP contribution in [0.1, 0.15) is 108 Å². The quantitative estimate of drug-likeness (QED) is 0.107. The van der Waals surface area contributed by atoms with Crippen molar-refractivity contribution in [3.05, 3.63) is 34.3 Å². The summed E-state index contributed by atoms with van der Waals surface area (Å²) in [5, 5.41) is 9.49. The Hall–Kier alpha value is -0.970. The third-order valence-corrected chi connectivity index (χ3v) is 6.65. The fraction of sp³-hybridized carbons (Fsp3) is 0.741. The SMILES string of the molecule is CCCCCCCCCCCCCCCCOCC(COP(=O)(O)O)OCc1cc(Cl)cc(C#N)c1. The van der Waals surface area contributed by atoms with Gasteiger partial charge >= 0.3 is 7.82 Å². The van der Waals surface area contributed by atoms with Crippen LogP contribution in [0.15, 0.2) is 18.2 Å². The summed E-state index contributed by atoms with van der Waals surface area (Å²) in [5.74, 6) is 0. The Balaban J connectivity index is 2.15. The summed E-state index contributed by atoms with van der Waals surface area (Å²) < 4.78 is 27.1. The molecule has 1 aromatic rings. The Labute approximate surface area is 222 Å². The average Bonchev–Trinajstić information content (AvgIpc) is 2.84. The highest BCUT2D eigenvalue weighted by atomic mass is 35.5. The van der Waals surface area contributed by atoms with Crippen LogP contribution in [0.2, 0.25) is 5.02 Å². The first kappa shape index (κ1) is 33.1. The molecule has 0 heterocycles. The Bertz CT molecular complexity index is 782. The van der Waals surface area contributed by atoms with Crippen molar-refractivity contribution in [1.82, 2.24) is 0 Å². The summed E-state index contributed by atoms with van der Waals surface area (Å²) in [7, 11) is -4.61. The monoisotopic (exact) mass is 545 g/mol. The number of unbranched alkanes of at least 4 members (excludes halogenated alkanes) is 13. The molecule has 36 heavy (non-hydrogen) atoms. The number of hydrogen-bond donors (Lipinski definition) is 2. The van der Waals surface area contributed by atoms with Gasteiger partial charge in [-0.05, 0) is 30.2 Å². The van der Waals surface area contributed by atoms with Gasteiger partial charge in [-0.3, -0.25) is 4.52 Å². The maximum Gasteiger partial charge on any atom is 0.469 e. The van der Waals surface area contributed by atoms with E-state index in [0.29, 0.717) is 22.8 Å². The minimum absolute atomic E-state index is 0.118. The molecule has 0 saturated carbocycles. The largest absolute Gasteiger partial charge is 0.469 e. The Kier molecular flexibility index (Phi) is 19.3. The fourth-order valence-corrected chi connectivity index (χ4v) is 4.57. The normalized spacial score (nSPS) is 12.5. The molecule has 1 unspecified atom stereocenters. The van der Waals surface area contributed by atoms with E-state index in [1.54, 1.807) is 18.2 Å². The molecule has 0 aromatic heterocycles. The first-order valence-corrected chi connectivity index (χ1v) is 15.3. The number of nitriles is 1. The predicted molar refractivity (Wildman–Crippen MR) is 144 cm³/mol. The molecule has 9 heteroatoms. The van der Waals surface area contributed by atoms with Crippen LogP contribution in [0.3, 0.4) is 0 Å². The standard InChI is InChI=1S/C27H45ClNO6P/c1-2-3-4-5-6-7-8-9-10-11-12-13-14-15-16-33-22-27(23-35-36(30,31)32)34-21-25-17-24(20-29)18-26(28)19-25/h17-19,27H,2-16,21-23H2,1H3,(H2,30,31,32). The molecule has 0 aliphatic rings. The first-order chi connectivity index (χ1) is 17.3. The smallest absolute Gasteiger partial charge is 0.379 e. The highest BCUT2D eigenvalue weighted by molar-refractivity contribution is 7.46. The van der Waals surface area contributed by atoms with E-state index in [4.69, 9.17) is 36.1 Å². The van der Waals surface area contributed by atoms with Gasteiger partial charge in [0, 0.05) is 11.6 Å². The van der Waals surface area contributed by atoms with Gasteiger partial charge in [0.15, 0.2) is 0 Å². The summed E-state index contributed by atoms with van der Waals surface area (Å²) in [5.41, 5.74) is 1.10. The lowest BCUT2D eigenvalue weighted by Crippen LogP contribution is -2.25. The minimum Gasteiger partial charge on any atom is -0.379 e. The molecule has 1 aromatic carbocycles. The van der Waals surface area contributed by atoms with E-state index in [1.165, 1.54) is 77.0 Å². The Morgan fingerprint density at radius 3 is 1.97 bits per heavy atom. The van der Waals surface area contributed by atoms with Gasteiger partial charge in [-0.15, -0.1) is 0 Å². The van der Waals surface area contributed by atoms with E-state index >= 15 is 0 Å². The summed E-state index contributed by atoms with van der Waals surface area (Å²) in [6, 6.07) is 6.92. The highest BCUT2D eigenvalue weighted by Crippen LogP contribution is 2.36. The van der Waals surface area contributed by atoms with Crippen molar-refractivity contribution in [2.75, 3.05) is 19.8 Å². The topological polar surface area (TPSA) is 109 Å². The van der Waals surface area contributed by atoms with E-state index in [2.05, 4.69) is 11.4 Å². The number of benzene rings is 1. The van der Waals surface area contributed by atoms with Crippen LogP contribution in [0.4, 0.5) is 0 Å². The van der Waals surface area contributed by atoms with Crippen molar-refractivity contribution in [3.63, 3.8) is 0 Å². The maximum absolute atomic E-state index is 11.1. The molecule has 0 saturated heterocycles. The van der Waals surface area contributed by atoms with E-state index in [-0.39, 0.29) is 19.8 Å². The molecule has 0 aliphatic heterocycles. The Morgan fingerprint density at radius 2 is 1.44 bits per heavy atom. The number of phosphoric ester groups is 1. The lowest BCUT2D eigenvalue weighted by molar-refractivity contribution is -0.0493. The summed E-state index contributed by atoms with van der Waals surface area (Å²) in [4.78, 5) is 18.0. The van der Waals surface area contributed by atoms with Gasteiger partial charge in [-0.1, -0.05) is 102 Å².